The summed E-state index contributed by atoms with van der Waals surface area (Å²) in [6.45, 7) is 0.628. The molecule has 0 radical (unpaired) electrons. The van der Waals surface area contributed by atoms with E-state index in [9.17, 15) is 4.79 Å². The van der Waals surface area contributed by atoms with E-state index in [0.717, 1.165) is 11.1 Å². The molecule has 1 N–H and O–H groups in total. The monoisotopic (exact) mass is 429 g/mol. The summed E-state index contributed by atoms with van der Waals surface area (Å²) in [5.41, 5.74) is 3.59. The second kappa shape index (κ2) is 9.37. The topological polar surface area (TPSA) is 46.9 Å². The van der Waals surface area contributed by atoms with Gasteiger partial charge in [0.2, 0.25) is 0 Å². The molecular formula is C29H23N3O. The highest BCUT2D eigenvalue weighted by Crippen LogP contribution is 2.22. The number of aromatic nitrogens is 2. The molecule has 0 fully saturated rings. The fourth-order valence-corrected chi connectivity index (χ4v) is 3.92. The van der Waals surface area contributed by atoms with E-state index in [2.05, 4.69) is 40.7 Å². The van der Waals surface area contributed by atoms with Crippen LogP contribution in [0, 0.1) is 0 Å². The third-order valence-corrected chi connectivity index (χ3v) is 5.53. The SMILES string of the molecule is O=C(Nc1ccn(Cc2cccc3ccccc23)n1)/C(=C\c1ccccc1)c1ccccc1. The van der Waals surface area contributed by atoms with Gasteiger partial charge in [0.1, 0.15) is 0 Å². The lowest BCUT2D eigenvalue weighted by Gasteiger charge is -2.09. The molecule has 0 spiro atoms. The van der Waals surface area contributed by atoms with E-state index in [1.54, 1.807) is 0 Å². The third-order valence-electron chi connectivity index (χ3n) is 5.53. The average molecular weight is 430 g/mol. The summed E-state index contributed by atoms with van der Waals surface area (Å²) < 4.78 is 1.85. The maximum absolute atomic E-state index is 13.2. The van der Waals surface area contributed by atoms with Crippen molar-refractivity contribution in [1.29, 1.82) is 0 Å². The molecule has 4 aromatic carbocycles. The first kappa shape index (κ1) is 20.5. The van der Waals surface area contributed by atoms with Gasteiger partial charge in [0.15, 0.2) is 5.82 Å². The van der Waals surface area contributed by atoms with Gasteiger partial charge in [-0.05, 0) is 33.5 Å². The van der Waals surface area contributed by atoms with Crippen molar-refractivity contribution in [3.63, 3.8) is 0 Å². The molecule has 0 bridgehead atoms. The number of benzene rings is 4. The van der Waals surface area contributed by atoms with Crippen molar-refractivity contribution < 1.29 is 4.79 Å². The van der Waals surface area contributed by atoms with Crippen molar-refractivity contribution in [2.24, 2.45) is 0 Å². The van der Waals surface area contributed by atoms with E-state index in [1.165, 1.54) is 16.3 Å². The summed E-state index contributed by atoms with van der Waals surface area (Å²) in [6, 6.07) is 35.9. The predicted molar refractivity (Wildman–Crippen MR) is 135 cm³/mol. The third kappa shape index (κ3) is 4.75. The first-order chi connectivity index (χ1) is 16.3. The summed E-state index contributed by atoms with van der Waals surface area (Å²) in [7, 11) is 0. The molecule has 0 aliphatic rings. The maximum Gasteiger partial charge on any atom is 0.257 e. The molecule has 160 valence electrons. The number of carbonyl (C=O) groups is 1. The standard InChI is InChI=1S/C29H23N3O/c33-29(27(24-12-5-2-6-13-24)20-22-10-3-1-4-11-22)30-28-18-19-32(31-28)21-25-16-9-15-23-14-7-8-17-26(23)25/h1-20H,21H2,(H,30,31,33)/b27-20-. The molecule has 4 heteroatoms. The number of amides is 1. The summed E-state index contributed by atoms with van der Waals surface area (Å²) in [5, 5.41) is 9.97. The van der Waals surface area contributed by atoms with Crippen LogP contribution in [0.25, 0.3) is 22.4 Å². The minimum Gasteiger partial charge on any atom is -0.305 e. The van der Waals surface area contributed by atoms with Crippen LogP contribution in [-0.2, 0) is 11.3 Å². The van der Waals surface area contributed by atoms with Crippen LogP contribution in [0.5, 0.6) is 0 Å². The first-order valence-electron chi connectivity index (χ1n) is 10.9. The fourth-order valence-electron chi connectivity index (χ4n) is 3.92. The number of fused-ring (bicyclic) bond motifs is 1. The van der Waals surface area contributed by atoms with Crippen molar-refractivity contribution in [3.8, 4) is 0 Å². The molecule has 1 heterocycles. The molecule has 4 nitrogen and oxygen atoms in total. The van der Waals surface area contributed by atoms with Crippen molar-refractivity contribution in [1.82, 2.24) is 9.78 Å². The van der Waals surface area contributed by atoms with Crippen molar-refractivity contribution in [2.75, 3.05) is 5.32 Å². The van der Waals surface area contributed by atoms with Crippen LogP contribution < -0.4 is 5.32 Å². The molecule has 0 unspecified atom stereocenters. The van der Waals surface area contributed by atoms with Gasteiger partial charge in [-0.2, -0.15) is 5.10 Å². The molecule has 1 aromatic heterocycles. The van der Waals surface area contributed by atoms with Gasteiger partial charge in [0, 0.05) is 17.8 Å². The zero-order chi connectivity index (χ0) is 22.5. The van der Waals surface area contributed by atoms with Crippen LogP contribution in [0.3, 0.4) is 0 Å². The lowest BCUT2D eigenvalue weighted by atomic mass is 10.0. The minimum atomic E-state index is -0.194. The summed E-state index contributed by atoms with van der Waals surface area (Å²) >= 11 is 0. The van der Waals surface area contributed by atoms with E-state index >= 15 is 0 Å². The molecule has 33 heavy (non-hydrogen) atoms. The normalized spacial score (nSPS) is 11.5. The Bertz CT molecular complexity index is 1410. The number of nitrogens with zero attached hydrogens (tertiary/aromatic N) is 2. The largest absolute Gasteiger partial charge is 0.305 e. The van der Waals surface area contributed by atoms with E-state index in [0.29, 0.717) is 17.9 Å². The van der Waals surface area contributed by atoms with Gasteiger partial charge in [-0.15, -0.1) is 0 Å². The lowest BCUT2D eigenvalue weighted by Crippen LogP contribution is -2.14. The highest BCUT2D eigenvalue weighted by atomic mass is 16.1. The Balaban J connectivity index is 1.38. The Morgan fingerprint density at radius 3 is 2.30 bits per heavy atom. The molecule has 0 saturated heterocycles. The molecule has 5 rings (SSSR count). The van der Waals surface area contributed by atoms with E-state index in [-0.39, 0.29) is 5.91 Å². The van der Waals surface area contributed by atoms with Crippen LogP contribution in [0.15, 0.2) is 115 Å². The van der Waals surface area contributed by atoms with Crippen molar-refractivity contribution in [3.05, 3.63) is 132 Å². The molecule has 0 saturated carbocycles. The van der Waals surface area contributed by atoms with E-state index in [1.807, 2.05) is 95.8 Å². The number of rotatable bonds is 6. The predicted octanol–water partition coefficient (Wildman–Crippen LogP) is 6.26. The zero-order valence-electron chi connectivity index (χ0n) is 18.1. The van der Waals surface area contributed by atoms with Gasteiger partial charge in [-0.1, -0.05) is 103 Å². The number of anilines is 1. The Kier molecular flexibility index (Phi) is 5.81. The van der Waals surface area contributed by atoms with Gasteiger partial charge in [-0.25, -0.2) is 0 Å². The fraction of sp³-hybridized carbons (Fsp3) is 0.0345. The van der Waals surface area contributed by atoms with Crippen molar-refractivity contribution >= 4 is 34.1 Å². The van der Waals surface area contributed by atoms with Gasteiger partial charge in [0.05, 0.1) is 6.54 Å². The lowest BCUT2D eigenvalue weighted by molar-refractivity contribution is -0.111. The van der Waals surface area contributed by atoms with Gasteiger partial charge in [-0.3, -0.25) is 9.48 Å². The Morgan fingerprint density at radius 1 is 0.788 bits per heavy atom. The number of hydrogen-bond acceptors (Lipinski definition) is 2. The average Bonchev–Trinajstić information content (AvgIpc) is 3.30. The molecular weight excluding hydrogens is 406 g/mol. The zero-order valence-corrected chi connectivity index (χ0v) is 18.1. The van der Waals surface area contributed by atoms with Gasteiger partial charge in [0.25, 0.3) is 5.91 Å². The highest BCUT2D eigenvalue weighted by molar-refractivity contribution is 6.29. The van der Waals surface area contributed by atoms with E-state index < -0.39 is 0 Å². The van der Waals surface area contributed by atoms with Crippen LogP contribution >= 0.6 is 0 Å². The van der Waals surface area contributed by atoms with Gasteiger partial charge >= 0.3 is 0 Å². The summed E-state index contributed by atoms with van der Waals surface area (Å²) in [5.74, 6) is 0.329. The molecule has 0 aliphatic carbocycles. The van der Waals surface area contributed by atoms with Crippen LogP contribution in [0.1, 0.15) is 16.7 Å². The molecule has 0 aliphatic heterocycles. The molecule has 1 amide bonds. The van der Waals surface area contributed by atoms with Crippen LogP contribution in [0.2, 0.25) is 0 Å². The summed E-state index contributed by atoms with van der Waals surface area (Å²) in [4.78, 5) is 13.2. The van der Waals surface area contributed by atoms with E-state index in [4.69, 9.17) is 0 Å². The first-order valence-corrected chi connectivity index (χ1v) is 10.9. The Hall–Kier alpha value is -4.44. The highest BCUT2D eigenvalue weighted by Gasteiger charge is 2.14. The molecule has 0 atom stereocenters. The van der Waals surface area contributed by atoms with Crippen LogP contribution in [0.4, 0.5) is 5.82 Å². The number of carbonyl (C=O) groups excluding carboxylic acids is 1. The Labute approximate surface area is 192 Å². The molecule has 5 aromatic rings. The minimum absolute atomic E-state index is 0.194. The Morgan fingerprint density at radius 2 is 1.48 bits per heavy atom. The quantitative estimate of drug-likeness (QED) is 0.256. The van der Waals surface area contributed by atoms with Crippen LogP contribution in [-0.4, -0.2) is 15.7 Å². The number of hydrogen-bond donors (Lipinski definition) is 1. The maximum atomic E-state index is 13.2. The summed E-state index contributed by atoms with van der Waals surface area (Å²) in [6.07, 6.45) is 3.79. The smallest absolute Gasteiger partial charge is 0.257 e. The second-order valence-electron chi connectivity index (χ2n) is 7.83. The van der Waals surface area contributed by atoms with Crippen molar-refractivity contribution in [2.45, 2.75) is 6.54 Å². The second-order valence-corrected chi connectivity index (χ2v) is 7.83. The van der Waals surface area contributed by atoms with Gasteiger partial charge < -0.3 is 5.32 Å². The number of nitrogens with one attached hydrogen (secondary N) is 1.